The van der Waals surface area contributed by atoms with Gasteiger partial charge in [-0.3, -0.25) is 4.79 Å². The van der Waals surface area contributed by atoms with Gasteiger partial charge in [-0.05, 0) is 25.3 Å². The molecule has 1 unspecified atom stereocenters. The molecular weight excluding hydrogens is 340 g/mol. The summed E-state index contributed by atoms with van der Waals surface area (Å²) >= 11 is 0. The standard InChI is InChI=1S/C21H24N4O2/c1-13(2)12-25-21(17-11-22-10-14(3)19(17)26)23-20(24-25)16-8-9-27-18-7-5-4-6-15(16)18/h4-7,10-11,13,16H,8-9,12H2,1-3H3,(H,22,26). The lowest BCUT2D eigenvalue weighted by molar-refractivity contribution is 0.274. The molecule has 1 N–H and O–H groups in total. The number of nitrogens with zero attached hydrogens (tertiary/aromatic N) is 3. The maximum Gasteiger partial charge on any atom is 0.195 e. The van der Waals surface area contributed by atoms with Gasteiger partial charge in [0.15, 0.2) is 17.1 Å². The molecule has 0 amide bonds. The number of ether oxygens (including phenoxy) is 1. The third-order valence-corrected chi connectivity index (χ3v) is 4.87. The van der Waals surface area contributed by atoms with E-state index in [1.54, 1.807) is 19.3 Å². The number of aryl methyl sites for hydroxylation is 1. The van der Waals surface area contributed by atoms with Crippen LogP contribution in [-0.4, -0.2) is 26.4 Å². The summed E-state index contributed by atoms with van der Waals surface area (Å²) in [7, 11) is 0. The SMILES string of the molecule is Cc1c[nH]cc(-c2nc(C3CCOc4ccccc43)nn2CC(C)C)c1=O. The minimum absolute atomic E-state index is 0.00918. The van der Waals surface area contributed by atoms with Crippen LogP contribution in [0.3, 0.4) is 0 Å². The van der Waals surface area contributed by atoms with Crippen LogP contribution in [0, 0.1) is 12.8 Å². The Morgan fingerprint density at radius 1 is 1.30 bits per heavy atom. The average Bonchev–Trinajstić information content (AvgIpc) is 3.06. The lowest BCUT2D eigenvalue weighted by Crippen LogP contribution is -2.16. The first-order valence-corrected chi connectivity index (χ1v) is 9.39. The summed E-state index contributed by atoms with van der Waals surface area (Å²) in [6.07, 6.45) is 4.26. The van der Waals surface area contributed by atoms with Crippen LogP contribution in [0.5, 0.6) is 5.75 Å². The molecule has 0 bridgehead atoms. The Bertz CT molecular complexity index is 1020. The number of rotatable bonds is 4. The molecule has 4 rings (SSSR count). The summed E-state index contributed by atoms with van der Waals surface area (Å²) < 4.78 is 7.66. The Hall–Kier alpha value is -2.89. The van der Waals surface area contributed by atoms with E-state index in [0.717, 1.165) is 23.6 Å². The van der Waals surface area contributed by atoms with E-state index in [-0.39, 0.29) is 11.3 Å². The first-order chi connectivity index (χ1) is 13.0. The number of fused-ring (bicyclic) bond motifs is 1. The molecule has 140 valence electrons. The zero-order valence-corrected chi connectivity index (χ0v) is 15.9. The maximum atomic E-state index is 12.7. The molecule has 27 heavy (non-hydrogen) atoms. The zero-order chi connectivity index (χ0) is 19.0. The van der Waals surface area contributed by atoms with Crippen molar-refractivity contribution in [2.45, 2.75) is 39.7 Å². The van der Waals surface area contributed by atoms with Crippen LogP contribution in [0.15, 0.2) is 41.5 Å². The summed E-state index contributed by atoms with van der Waals surface area (Å²) in [5, 5.41) is 4.82. The van der Waals surface area contributed by atoms with Gasteiger partial charge in [0.1, 0.15) is 5.75 Å². The second kappa shape index (κ2) is 7.02. The smallest absolute Gasteiger partial charge is 0.195 e. The fraction of sp³-hybridized carbons (Fsp3) is 0.381. The van der Waals surface area contributed by atoms with Gasteiger partial charge in [0.05, 0.1) is 18.1 Å². The zero-order valence-electron chi connectivity index (χ0n) is 15.9. The number of aromatic amines is 1. The van der Waals surface area contributed by atoms with Crippen molar-refractivity contribution in [2.75, 3.05) is 6.61 Å². The van der Waals surface area contributed by atoms with Crippen molar-refractivity contribution in [2.24, 2.45) is 5.92 Å². The van der Waals surface area contributed by atoms with Crippen molar-refractivity contribution in [3.8, 4) is 17.1 Å². The Morgan fingerprint density at radius 2 is 2.11 bits per heavy atom. The molecule has 0 spiro atoms. The second-order valence-electron chi connectivity index (χ2n) is 7.48. The molecule has 6 heteroatoms. The topological polar surface area (TPSA) is 72.8 Å². The van der Waals surface area contributed by atoms with Crippen LogP contribution in [-0.2, 0) is 6.54 Å². The second-order valence-corrected chi connectivity index (χ2v) is 7.48. The molecule has 1 aliphatic heterocycles. The minimum Gasteiger partial charge on any atom is -0.493 e. The van der Waals surface area contributed by atoms with E-state index in [4.69, 9.17) is 14.8 Å². The van der Waals surface area contributed by atoms with E-state index in [1.807, 2.05) is 22.9 Å². The van der Waals surface area contributed by atoms with Gasteiger partial charge >= 0.3 is 0 Å². The van der Waals surface area contributed by atoms with E-state index in [9.17, 15) is 4.79 Å². The lowest BCUT2D eigenvalue weighted by Gasteiger charge is -2.23. The molecule has 0 fully saturated rings. The van der Waals surface area contributed by atoms with Crippen LogP contribution in [0.2, 0.25) is 0 Å². The molecule has 1 atom stereocenters. The summed E-state index contributed by atoms with van der Waals surface area (Å²) in [5.41, 5.74) is 2.33. The number of pyridine rings is 1. The summed E-state index contributed by atoms with van der Waals surface area (Å²) in [6, 6.07) is 8.04. The fourth-order valence-corrected chi connectivity index (χ4v) is 3.55. The first kappa shape index (κ1) is 17.5. The van der Waals surface area contributed by atoms with Gasteiger partial charge in [0.2, 0.25) is 0 Å². The van der Waals surface area contributed by atoms with Crippen molar-refractivity contribution in [3.63, 3.8) is 0 Å². The van der Waals surface area contributed by atoms with E-state index < -0.39 is 0 Å². The Balaban J connectivity index is 1.84. The molecule has 1 aliphatic rings. The average molecular weight is 364 g/mol. The molecule has 0 saturated heterocycles. The highest BCUT2D eigenvalue weighted by molar-refractivity contribution is 5.55. The summed E-state index contributed by atoms with van der Waals surface area (Å²) in [5.74, 6) is 2.74. The third-order valence-electron chi connectivity index (χ3n) is 4.87. The molecule has 0 radical (unpaired) electrons. The molecule has 0 saturated carbocycles. The quantitative estimate of drug-likeness (QED) is 0.769. The third kappa shape index (κ3) is 3.27. The molecule has 2 aromatic heterocycles. The maximum absolute atomic E-state index is 12.7. The fourth-order valence-electron chi connectivity index (χ4n) is 3.55. The molecule has 0 aliphatic carbocycles. The highest BCUT2D eigenvalue weighted by atomic mass is 16.5. The van der Waals surface area contributed by atoms with Crippen LogP contribution in [0.4, 0.5) is 0 Å². The van der Waals surface area contributed by atoms with Crippen molar-refractivity contribution in [3.05, 3.63) is 63.8 Å². The van der Waals surface area contributed by atoms with Gasteiger partial charge in [0, 0.05) is 30.1 Å². The van der Waals surface area contributed by atoms with Crippen LogP contribution >= 0.6 is 0 Å². The number of H-pyrrole nitrogens is 1. The highest BCUT2D eigenvalue weighted by Crippen LogP contribution is 2.37. The number of nitrogens with one attached hydrogen (secondary N) is 1. The van der Waals surface area contributed by atoms with Gasteiger partial charge in [0.25, 0.3) is 0 Å². The van der Waals surface area contributed by atoms with Crippen LogP contribution in [0.25, 0.3) is 11.4 Å². The van der Waals surface area contributed by atoms with Gasteiger partial charge < -0.3 is 9.72 Å². The van der Waals surface area contributed by atoms with Crippen molar-refractivity contribution >= 4 is 0 Å². The van der Waals surface area contributed by atoms with Gasteiger partial charge in [-0.1, -0.05) is 32.0 Å². The Kier molecular flexibility index (Phi) is 4.56. The molecule has 3 aromatic rings. The lowest BCUT2D eigenvalue weighted by atomic mass is 9.92. The Morgan fingerprint density at radius 3 is 2.93 bits per heavy atom. The van der Waals surface area contributed by atoms with Gasteiger partial charge in [-0.2, -0.15) is 5.10 Å². The largest absolute Gasteiger partial charge is 0.493 e. The Labute approximate surface area is 158 Å². The number of hydrogen-bond acceptors (Lipinski definition) is 4. The number of aromatic nitrogens is 4. The minimum atomic E-state index is -0.00918. The van der Waals surface area contributed by atoms with Crippen molar-refractivity contribution in [1.29, 1.82) is 0 Å². The van der Waals surface area contributed by atoms with Crippen molar-refractivity contribution < 1.29 is 4.74 Å². The van der Waals surface area contributed by atoms with E-state index in [2.05, 4.69) is 24.9 Å². The van der Waals surface area contributed by atoms with E-state index in [1.165, 1.54) is 0 Å². The summed E-state index contributed by atoms with van der Waals surface area (Å²) in [6.45, 7) is 7.42. The number of hydrogen-bond donors (Lipinski definition) is 1. The molecular formula is C21H24N4O2. The number of benzene rings is 1. The predicted octanol–water partition coefficient (Wildman–Crippen LogP) is 3.51. The normalized spacial score (nSPS) is 16.2. The highest BCUT2D eigenvalue weighted by Gasteiger charge is 2.28. The van der Waals surface area contributed by atoms with E-state index >= 15 is 0 Å². The number of para-hydroxylation sites is 1. The van der Waals surface area contributed by atoms with Crippen molar-refractivity contribution in [1.82, 2.24) is 19.7 Å². The van der Waals surface area contributed by atoms with Crippen LogP contribution in [0.1, 0.15) is 43.1 Å². The van der Waals surface area contributed by atoms with Crippen LogP contribution < -0.4 is 10.2 Å². The molecule has 6 nitrogen and oxygen atoms in total. The predicted molar refractivity (Wildman–Crippen MR) is 104 cm³/mol. The molecule has 1 aromatic carbocycles. The molecule has 3 heterocycles. The van der Waals surface area contributed by atoms with E-state index in [0.29, 0.717) is 36.0 Å². The monoisotopic (exact) mass is 364 g/mol. The first-order valence-electron chi connectivity index (χ1n) is 9.39. The summed E-state index contributed by atoms with van der Waals surface area (Å²) in [4.78, 5) is 20.6. The van der Waals surface area contributed by atoms with Gasteiger partial charge in [-0.15, -0.1) is 0 Å². The van der Waals surface area contributed by atoms with Gasteiger partial charge in [-0.25, -0.2) is 9.67 Å².